The molecule has 1 amide bonds. The molecule has 0 bridgehead atoms. The first kappa shape index (κ1) is 15.5. The highest BCUT2D eigenvalue weighted by atomic mass is 16.5. The minimum Gasteiger partial charge on any atom is -0.342 e. The van der Waals surface area contributed by atoms with Gasteiger partial charge < -0.3 is 9.42 Å². The van der Waals surface area contributed by atoms with Crippen LogP contribution in [0.5, 0.6) is 0 Å². The van der Waals surface area contributed by atoms with Gasteiger partial charge in [-0.3, -0.25) is 4.79 Å². The molecular weight excluding hydrogens is 278 g/mol. The van der Waals surface area contributed by atoms with E-state index in [9.17, 15) is 4.79 Å². The van der Waals surface area contributed by atoms with Crippen molar-refractivity contribution in [3.8, 4) is 0 Å². The number of carbonyl (C=O) groups excluding carboxylic acids is 1. The van der Waals surface area contributed by atoms with Crippen LogP contribution in [0, 0.1) is 5.92 Å². The fourth-order valence-electron chi connectivity index (χ4n) is 3.75. The van der Waals surface area contributed by atoms with Gasteiger partial charge in [-0.05, 0) is 32.1 Å². The Morgan fingerprint density at radius 1 is 1.23 bits per heavy atom. The van der Waals surface area contributed by atoms with Gasteiger partial charge in [0.25, 0.3) is 0 Å². The van der Waals surface area contributed by atoms with Gasteiger partial charge in [0.05, 0.1) is 5.92 Å². The largest absolute Gasteiger partial charge is 0.342 e. The summed E-state index contributed by atoms with van der Waals surface area (Å²) in [4.78, 5) is 19.3. The van der Waals surface area contributed by atoms with Crippen molar-refractivity contribution in [2.75, 3.05) is 13.1 Å². The Labute approximate surface area is 132 Å². The van der Waals surface area contributed by atoms with Crippen LogP contribution in [-0.2, 0) is 11.2 Å². The molecule has 2 fully saturated rings. The predicted octanol–water partition coefficient (Wildman–Crippen LogP) is 3.31. The molecule has 1 aliphatic carbocycles. The lowest BCUT2D eigenvalue weighted by atomic mass is 9.87. The third-order valence-electron chi connectivity index (χ3n) is 4.99. The second-order valence-corrected chi connectivity index (χ2v) is 6.76. The van der Waals surface area contributed by atoms with Gasteiger partial charge in [0.1, 0.15) is 0 Å². The lowest BCUT2D eigenvalue weighted by molar-refractivity contribution is -0.137. The Bertz CT molecular complexity index is 494. The highest BCUT2D eigenvalue weighted by Gasteiger charge is 2.32. The van der Waals surface area contributed by atoms with Crippen LogP contribution in [0.2, 0.25) is 0 Å². The highest BCUT2D eigenvalue weighted by molar-refractivity contribution is 5.79. The van der Waals surface area contributed by atoms with E-state index in [2.05, 4.69) is 17.1 Å². The van der Waals surface area contributed by atoms with Gasteiger partial charge in [-0.25, -0.2) is 0 Å². The predicted molar refractivity (Wildman–Crippen MR) is 83.4 cm³/mol. The van der Waals surface area contributed by atoms with Crippen LogP contribution in [-0.4, -0.2) is 34.0 Å². The quantitative estimate of drug-likeness (QED) is 0.856. The van der Waals surface area contributed by atoms with Crippen molar-refractivity contribution in [1.29, 1.82) is 0 Å². The minimum atomic E-state index is 0.222. The molecule has 5 heteroatoms. The first-order valence-corrected chi connectivity index (χ1v) is 8.89. The monoisotopic (exact) mass is 305 g/mol. The first-order chi connectivity index (χ1) is 10.8. The third-order valence-corrected chi connectivity index (χ3v) is 4.99. The van der Waals surface area contributed by atoms with Gasteiger partial charge in [-0.2, -0.15) is 4.98 Å². The zero-order valence-corrected chi connectivity index (χ0v) is 13.6. The topological polar surface area (TPSA) is 59.2 Å². The summed E-state index contributed by atoms with van der Waals surface area (Å²) in [7, 11) is 0. The molecule has 22 heavy (non-hydrogen) atoms. The zero-order valence-electron chi connectivity index (χ0n) is 13.6. The van der Waals surface area contributed by atoms with Crippen molar-refractivity contribution in [3.05, 3.63) is 11.7 Å². The van der Waals surface area contributed by atoms with Gasteiger partial charge in [0.15, 0.2) is 5.82 Å². The summed E-state index contributed by atoms with van der Waals surface area (Å²) in [5.74, 6) is 2.36. The van der Waals surface area contributed by atoms with Crippen LogP contribution in [0.1, 0.15) is 75.9 Å². The number of carbonyl (C=O) groups is 1. The molecule has 1 aromatic rings. The highest BCUT2D eigenvalue weighted by Crippen LogP contribution is 2.30. The number of nitrogens with zero attached hydrogens (tertiary/aromatic N) is 3. The maximum absolute atomic E-state index is 12.7. The smallest absolute Gasteiger partial charge is 0.231 e. The standard InChI is InChI=1S/C17H27N3O2/c1-2-7-15-18-16(22-19-15)14-10-6-11-20(12-14)17(21)13-8-4-3-5-9-13/h13-14H,2-12H2,1H3/t14-/m0/s1. The second-order valence-electron chi connectivity index (χ2n) is 6.76. The average molecular weight is 305 g/mol. The maximum Gasteiger partial charge on any atom is 0.231 e. The number of hydrogen-bond donors (Lipinski definition) is 0. The van der Waals surface area contributed by atoms with Crippen molar-refractivity contribution in [2.24, 2.45) is 5.92 Å². The lowest BCUT2D eigenvalue weighted by Gasteiger charge is -2.34. The van der Waals surface area contributed by atoms with Gasteiger partial charge in [0.2, 0.25) is 11.8 Å². The van der Waals surface area contributed by atoms with E-state index >= 15 is 0 Å². The molecule has 1 saturated carbocycles. The molecule has 1 atom stereocenters. The summed E-state index contributed by atoms with van der Waals surface area (Å²) in [6, 6.07) is 0. The fraction of sp³-hybridized carbons (Fsp3) is 0.824. The first-order valence-electron chi connectivity index (χ1n) is 8.89. The van der Waals surface area contributed by atoms with E-state index < -0.39 is 0 Å². The van der Waals surface area contributed by atoms with E-state index in [1.54, 1.807) is 0 Å². The molecule has 0 spiro atoms. The molecule has 0 radical (unpaired) electrons. The summed E-state index contributed by atoms with van der Waals surface area (Å²) in [6.45, 7) is 3.76. The van der Waals surface area contributed by atoms with E-state index in [1.807, 2.05) is 4.90 Å². The fourth-order valence-corrected chi connectivity index (χ4v) is 3.75. The van der Waals surface area contributed by atoms with E-state index in [1.165, 1.54) is 19.3 Å². The molecule has 0 unspecified atom stereocenters. The number of hydrogen-bond acceptors (Lipinski definition) is 4. The number of piperidine rings is 1. The molecule has 122 valence electrons. The summed E-state index contributed by atoms with van der Waals surface area (Å²) in [5, 5.41) is 4.05. The number of amides is 1. The molecule has 2 heterocycles. The molecule has 2 aliphatic rings. The van der Waals surface area contributed by atoms with E-state index in [0.29, 0.717) is 5.91 Å². The Morgan fingerprint density at radius 3 is 2.82 bits per heavy atom. The van der Waals surface area contributed by atoms with Gasteiger partial charge >= 0.3 is 0 Å². The van der Waals surface area contributed by atoms with Crippen molar-refractivity contribution < 1.29 is 9.32 Å². The molecule has 5 nitrogen and oxygen atoms in total. The van der Waals surface area contributed by atoms with Crippen molar-refractivity contribution >= 4 is 5.91 Å². The second kappa shape index (κ2) is 7.25. The Morgan fingerprint density at radius 2 is 2.05 bits per heavy atom. The number of rotatable bonds is 4. The van der Waals surface area contributed by atoms with Crippen molar-refractivity contribution in [3.63, 3.8) is 0 Å². The molecule has 1 aliphatic heterocycles. The SMILES string of the molecule is CCCc1noc([C@H]2CCCN(C(=O)C3CCCCC3)C2)n1. The van der Waals surface area contributed by atoms with Crippen molar-refractivity contribution in [2.45, 2.75) is 70.6 Å². The molecule has 1 saturated heterocycles. The molecule has 3 rings (SSSR count). The summed E-state index contributed by atoms with van der Waals surface area (Å²) >= 11 is 0. The van der Waals surface area contributed by atoms with Crippen LogP contribution < -0.4 is 0 Å². The third kappa shape index (κ3) is 3.50. The van der Waals surface area contributed by atoms with E-state index in [-0.39, 0.29) is 11.8 Å². The normalized spacial score (nSPS) is 23.7. The minimum absolute atomic E-state index is 0.222. The average Bonchev–Trinajstić information content (AvgIpc) is 3.04. The maximum atomic E-state index is 12.7. The van der Waals surface area contributed by atoms with Crippen LogP contribution in [0.15, 0.2) is 4.52 Å². The van der Waals surface area contributed by atoms with Gasteiger partial charge in [-0.15, -0.1) is 0 Å². The Kier molecular flexibility index (Phi) is 5.11. The van der Waals surface area contributed by atoms with Crippen LogP contribution in [0.25, 0.3) is 0 Å². The number of likely N-dealkylation sites (tertiary alicyclic amines) is 1. The van der Waals surface area contributed by atoms with Crippen LogP contribution in [0.4, 0.5) is 0 Å². The Hall–Kier alpha value is -1.39. The summed E-state index contributed by atoms with van der Waals surface area (Å²) in [6.07, 6.45) is 9.81. The molecule has 0 aromatic carbocycles. The van der Waals surface area contributed by atoms with Crippen LogP contribution in [0.3, 0.4) is 0 Å². The molecule has 1 aromatic heterocycles. The Balaban J connectivity index is 1.61. The summed E-state index contributed by atoms with van der Waals surface area (Å²) < 4.78 is 5.43. The lowest BCUT2D eigenvalue weighted by Crippen LogP contribution is -2.42. The number of aryl methyl sites for hydroxylation is 1. The zero-order chi connectivity index (χ0) is 15.4. The number of aromatic nitrogens is 2. The van der Waals surface area contributed by atoms with Gasteiger partial charge in [0, 0.05) is 25.4 Å². The van der Waals surface area contributed by atoms with Crippen LogP contribution >= 0.6 is 0 Å². The molecular formula is C17H27N3O2. The van der Waals surface area contributed by atoms with E-state index in [4.69, 9.17) is 4.52 Å². The van der Waals surface area contributed by atoms with E-state index in [0.717, 1.165) is 63.3 Å². The van der Waals surface area contributed by atoms with Gasteiger partial charge in [-0.1, -0.05) is 31.3 Å². The summed E-state index contributed by atoms with van der Waals surface area (Å²) in [5.41, 5.74) is 0. The molecule has 0 N–H and O–H groups in total. The van der Waals surface area contributed by atoms with Crippen molar-refractivity contribution in [1.82, 2.24) is 15.0 Å².